The summed E-state index contributed by atoms with van der Waals surface area (Å²) < 4.78 is 0. The van der Waals surface area contributed by atoms with Crippen LogP contribution >= 0.6 is 0 Å². The SMILES string of the molecule is CC(C)(C)N(CCC(=O)N(CN)CN)CCC(=O)N(CN)CN. The van der Waals surface area contributed by atoms with Crippen molar-refractivity contribution in [3.63, 3.8) is 0 Å². The van der Waals surface area contributed by atoms with Crippen molar-refractivity contribution < 1.29 is 9.59 Å². The van der Waals surface area contributed by atoms with Crippen LogP contribution in [0.1, 0.15) is 33.6 Å². The van der Waals surface area contributed by atoms with Crippen molar-refractivity contribution in [1.82, 2.24) is 14.7 Å². The molecule has 0 aromatic carbocycles. The standard InChI is InChI=1S/C14H33N7O2/c1-14(2,3)21(6-4-12(22)19(8-15)9-16)7-5-13(23)20(10-17)11-18/h4-11,15-18H2,1-3H3. The van der Waals surface area contributed by atoms with Gasteiger partial charge in [-0.05, 0) is 20.8 Å². The van der Waals surface area contributed by atoms with E-state index in [1.54, 1.807) is 0 Å². The molecule has 9 nitrogen and oxygen atoms in total. The van der Waals surface area contributed by atoms with E-state index in [2.05, 4.69) is 4.90 Å². The maximum absolute atomic E-state index is 12.0. The van der Waals surface area contributed by atoms with Gasteiger partial charge in [0.05, 0.1) is 26.7 Å². The summed E-state index contributed by atoms with van der Waals surface area (Å²) >= 11 is 0. The number of nitrogens with two attached hydrogens (primary N) is 4. The Bertz CT molecular complexity index is 335. The van der Waals surface area contributed by atoms with Gasteiger partial charge >= 0.3 is 0 Å². The molecule has 9 heteroatoms. The quantitative estimate of drug-likeness (QED) is 0.345. The Morgan fingerprint density at radius 2 is 1.04 bits per heavy atom. The number of hydrogen-bond acceptors (Lipinski definition) is 7. The van der Waals surface area contributed by atoms with Crippen molar-refractivity contribution in [2.45, 2.75) is 39.2 Å². The Morgan fingerprint density at radius 1 is 0.739 bits per heavy atom. The molecule has 0 radical (unpaired) electrons. The molecular weight excluding hydrogens is 298 g/mol. The Labute approximate surface area is 138 Å². The first-order chi connectivity index (χ1) is 10.7. The van der Waals surface area contributed by atoms with Crippen LogP contribution in [-0.4, -0.2) is 71.8 Å². The number of amides is 2. The van der Waals surface area contributed by atoms with Gasteiger partial charge in [-0.15, -0.1) is 0 Å². The molecule has 0 fully saturated rings. The minimum absolute atomic E-state index is 0.0962. The minimum atomic E-state index is -0.174. The van der Waals surface area contributed by atoms with Crippen LogP contribution in [0.5, 0.6) is 0 Å². The average molecular weight is 331 g/mol. The van der Waals surface area contributed by atoms with Crippen LogP contribution in [0.25, 0.3) is 0 Å². The highest BCUT2D eigenvalue weighted by atomic mass is 16.2. The number of hydrogen-bond donors (Lipinski definition) is 4. The third-order valence-corrected chi connectivity index (χ3v) is 3.73. The van der Waals surface area contributed by atoms with Gasteiger partial charge in [-0.2, -0.15) is 0 Å². The molecule has 2 amide bonds. The number of carbonyl (C=O) groups is 2. The third-order valence-electron chi connectivity index (χ3n) is 3.73. The van der Waals surface area contributed by atoms with Gasteiger partial charge < -0.3 is 32.7 Å². The average Bonchev–Trinajstić information content (AvgIpc) is 2.48. The molecule has 0 aliphatic rings. The van der Waals surface area contributed by atoms with Gasteiger partial charge in [-0.3, -0.25) is 14.5 Å². The summed E-state index contributed by atoms with van der Waals surface area (Å²) in [7, 11) is 0. The van der Waals surface area contributed by atoms with E-state index in [9.17, 15) is 9.59 Å². The molecule has 0 spiro atoms. The van der Waals surface area contributed by atoms with Crippen LogP contribution in [0, 0.1) is 0 Å². The van der Waals surface area contributed by atoms with E-state index in [1.165, 1.54) is 9.80 Å². The lowest BCUT2D eigenvalue weighted by Gasteiger charge is -2.36. The van der Waals surface area contributed by atoms with Crippen molar-refractivity contribution in [1.29, 1.82) is 0 Å². The molecule has 0 aliphatic carbocycles. The summed E-state index contributed by atoms with van der Waals surface area (Å²) in [6.45, 7) is 7.57. The van der Waals surface area contributed by atoms with Crippen molar-refractivity contribution in [3.8, 4) is 0 Å². The second-order valence-corrected chi connectivity index (χ2v) is 6.26. The Morgan fingerprint density at radius 3 is 1.26 bits per heavy atom. The van der Waals surface area contributed by atoms with Crippen LogP contribution in [0.2, 0.25) is 0 Å². The maximum atomic E-state index is 12.0. The molecule has 0 saturated heterocycles. The Balaban J connectivity index is 4.61. The van der Waals surface area contributed by atoms with Crippen molar-refractivity contribution in [2.75, 3.05) is 39.8 Å². The summed E-state index contributed by atoms with van der Waals surface area (Å²) in [6.07, 6.45) is 0.606. The van der Waals surface area contributed by atoms with E-state index in [4.69, 9.17) is 22.9 Å². The molecule has 0 aromatic rings. The van der Waals surface area contributed by atoms with Crippen molar-refractivity contribution >= 4 is 11.8 Å². The summed E-state index contributed by atoms with van der Waals surface area (Å²) in [5.74, 6) is -0.192. The van der Waals surface area contributed by atoms with Crippen LogP contribution < -0.4 is 22.9 Å². The van der Waals surface area contributed by atoms with Gasteiger partial charge in [-0.1, -0.05) is 0 Å². The van der Waals surface area contributed by atoms with Crippen molar-refractivity contribution in [2.24, 2.45) is 22.9 Å². The second kappa shape index (κ2) is 10.5. The van der Waals surface area contributed by atoms with E-state index in [0.717, 1.165) is 0 Å². The molecular formula is C14H33N7O2. The first-order valence-electron chi connectivity index (χ1n) is 7.82. The van der Waals surface area contributed by atoms with Gasteiger partial charge in [0.25, 0.3) is 0 Å². The summed E-state index contributed by atoms with van der Waals surface area (Å²) in [6, 6.07) is 0. The van der Waals surface area contributed by atoms with Crippen LogP contribution in [0.3, 0.4) is 0 Å². The zero-order valence-electron chi connectivity index (χ0n) is 14.6. The molecule has 0 unspecified atom stereocenters. The molecule has 0 aromatic heterocycles. The lowest BCUT2D eigenvalue weighted by Crippen LogP contribution is -2.47. The van der Waals surface area contributed by atoms with Gasteiger partial charge in [-0.25, -0.2) is 0 Å². The van der Waals surface area contributed by atoms with Crippen LogP contribution in [-0.2, 0) is 9.59 Å². The lowest BCUT2D eigenvalue weighted by atomic mass is 10.0. The maximum Gasteiger partial charge on any atom is 0.225 e. The smallest absolute Gasteiger partial charge is 0.225 e. The molecule has 0 heterocycles. The van der Waals surface area contributed by atoms with Gasteiger partial charge in [0.1, 0.15) is 0 Å². The topological polar surface area (TPSA) is 148 Å². The second-order valence-electron chi connectivity index (χ2n) is 6.26. The monoisotopic (exact) mass is 331 g/mol. The van der Waals surface area contributed by atoms with E-state index in [-0.39, 0.29) is 44.0 Å². The Hall–Kier alpha value is -1.26. The van der Waals surface area contributed by atoms with Gasteiger partial charge in [0.2, 0.25) is 11.8 Å². The molecule has 0 atom stereocenters. The normalized spacial score (nSPS) is 11.7. The summed E-state index contributed by atoms with van der Waals surface area (Å²) in [5.41, 5.74) is 21.7. The van der Waals surface area contributed by atoms with E-state index in [1.807, 2.05) is 20.8 Å². The molecule has 23 heavy (non-hydrogen) atoms. The first kappa shape index (κ1) is 21.7. The fourth-order valence-electron chi connectivity index (χ4n) is 2.12. The third kappa shape index (κ3) is 7.71. The first-order valence-corrected chi connectivity index (χ1v) is 7.82. The molecule has 136 valence electrons. The largest absolute Gasteiger partial charge is 0.318 e. The highest BCUT2D eigenvalue weighted by molar-refractivity contribution is 5.77. The zero-order chi connectivity index (χ0) is 18.0. The number of nitrogens with zero attached hydrogens (tertiary/aromatic N) is 3. The molecule has 0 saturated carbocycles. The number of carbonyl (C=O) groups excluding carboxylic acids is 2. The molecule has 8 N–H and O–H groups in total. The van der Waals surface area contributed by atoms with Gasteiger partial charge in [0, 0.05) is 31.5 Å². The summed E-state index contributed by atoms with van der Waals surface area (Å²) in [4.78, 5) is 28.9. The highest BCUT2D eigenvalue weighted by Crippen LogP contribution is 2.15. The predicted octanol–water partition coefficient (Wildman–Crippen LogP) is -1.81. The van der Waals surface area contributed by atoms with E-state index < -0.39 is 0 Å². The van der Waals surface area contributed by atoms with E-state index in [0.29, 0.717) is 25.9 Å². The number of rotatable bonds is 10. The van der Waals surface area contributed by atoms with Gasteiger partial charge in [0.15, 0.2) is 0 Å². The predicted molar refractivity (Wildman–Crippen MR) is 90.5 cm³/mol. The molecule has 0 aliphatic heterocycles. The van der Waals surface area contributed by atoms with Crippen LogP contribution in [0.15, 0.2) is 0 Å². The fraction of sp³-hybridized carbons (Fsp3) is 0.857. The zero-order valence-corrected chi connectivity index (χ0v) is 14.6. The Kier molecular flexibility index (Phi) is 9.93. The fourth-order valence-corrected chi connectivity index (χ4v) is 2.12. The molecule has 0 rings (SSSR count). The van der Waals surface area contributed by atoms with Crippen LogP contribution in [0.4, 0.5) is 0 Å². The lowest BCUT2D eigenvalue weighted by molar-refractivity contribution is -0.132. The summed E-state index contributed by atoms with van der Waals surface area (Å²) in [5, 5.41) is 0. The van der Waals surface area contributed by atoms with E-state index >= 15 is 0 Å². The van der Waals surface area contributed by atoms with Crippen molar-refractivity contribution in [3.05, 3.63) is 0 Å². The minimum Gasteiger partial charge on any atom is -0.318 e. The highest BCUT2D eigenvalue weighted by Gasteiger charge is 2.24. The molecule has 0 bridgehead atoms.